The summed E-state index contributed by atoms with van der Waals surface area (Å²) in [5.74, 6) is 1.35. The van der Waals surface area contributed by atoms with E-state index >= 15 is 0 Å². The number of aliphatic imine (C=N–C) groups is 1. The molecule has 1 aromatic rings. The number of rotatable bonds is 10. The Morgan fingerprint density at radius 2 is 2.08 bits per heavy atom. The SMILES string of the molecule is CCNC(=NCc1csc(N(C)C)n1)NCCC(OCC)C(C)C. The van der Waals surface area contributed by atoms with Crippen molar-refractivity contribution in [3.05, 3.63) is 11.1 Å². The van der Waals surface area contributed by atoms with Crippen molar-refractivity contribution < 1.29 is 4.74 Å². The summed E-state index contributed by atoms with van der Waals surface area (Å²) in [7, 11) is 4.00. The molecule has 0 saturated carbocycles. The summed E-state index contributed by atoms with van der Waals surface area (Å²) >= 11 is 1.64. The molecule has 1 rings (SSSR count). The lowest BCUT2D eigenvalue weighted by Gasteiger charge is -2.21. The van der Waals surface area contributed by atoms with Gasteiger partial charge in [-0.3, -0.25) is 0 Å². The van der Waals surface area contributed by atoms with Crippen LogP contribution < -0.4 is 15.5 Å². The molecule has 7 heteroatoms. The van der Waals surface area contributed by atoms with Crippen LogP contribution in [0.3, 0.4) is 0 Å². The number of nitrogens with one attached hydrogen (secondary N) is 2. The first kappa shape index (κ1) is 20.7. The molecule has 2 N–H and O–H groups in total. The average molecular weight is 356 g/mol. The highest BCUT2D eigenvalue weighted by atomic mass is 32.1. The van der Waals surface area contributed by atoms with Crippen LogP contribution in [-0.2, 0) is 11.3 Å². The fraction of sp³-hybridized carbons (Fsp3) is 0.765. The topological polar surface area (TPSA) is 61.8 Å². The summed E-state index contributed by atoms with van der Waals surface area (Å²) in [6.45, 7) is 11.5. The molecule has 0 saturated heterocycles. The van der Waals surface area contributed by atoms with Gasteiger partial charge >= 0.3 is 0 Å². The monoisotopic (exact) mass is 355 g/mol. The van der Waals surface area contributed by atoms with Crippen LogP contribution >= 0.6 is 11.3 Å². The molecule has 1 aromatic heterocycles. The van der Waals surface area contributed by atoms with Crippen molar-refractivity contribution in [3.63, 3.8) is 0 Å². The van der Waals surface area contributed by atoms with Gasteiger partial charge in [0.15, 0.2) is 11.1 Å². The third kappa shape index (κ3) is 7.49. The van der Waals surface area contributed by atoms with E-state index in [1.165, 1.54) is 0 Å². The molecule has 0 fully saturated rings. The number of ether oxygens (including phenoxy) is 1. The Kier molecular flexibility index (Phi) is 9.71. The molecule has 1 heterocycles. The quantitative estimate of drug-likeness (QED) is 0.499. The van der Waals surface area contributed by atoms with Gasteiger partial charge in [-0.15, -0.1) is 11.3 Å². The molecule has 138 valence electrons. The van der Waals surface area contributed by atoms with Gasteiger partial charge in [0, 0.05) is 39.2 Å². The molecule has 1 unspecified atom stereocenters. The van der Waals surface area contributed by atoms with Crippen LogP contribution in [0.5, 0.6) is 0 Å². The Balaban J connectivity index is 2.52. The molecule has 0 aromatic carbocycles. The summed E-state index contributed by atoms with van der Waals surface area (Å²) in [5, 5.41) is 9.74. The van der Waals surface area contributed by atoms with Crippen molar-refractivity contribution >= 4 is 22.4 Å². The number of hydrogen-bond acceptors (Lipinski definition) is 5. The normalized spacial score (nSPS) is 13.2. The second-order valence-electron chi connectivity index (χ2n) is 6.16. The van der Waals surface area contributed by atoms with Gasteiger partial charge in [0.2, 0.25) is 0 Å². The van der Waals surface area contributed by atoms with Gasteiger partial charge in [-0.05, 0) is 26.2 Å². The minimum Gasteiger partial charge on any atom is -0.378 e. The molecule has 0 aliphatic heterocycles. The van der Waals surface area contributed by atoms with Gasteiger partial charge in [-0.1, -0.05) is 13.8 Å². The van der Waals surface area contributed by atoms with E-state index in [4.69, 9.17) is 4.74 Å². The maximum atomic E-state index is 5.79. The minimum atomic E-state index is 0.284. The van der Waals surface area contributed by atoms with E-state index in [1.54, 1.807) is 11.3 Å². The predicted molar refractivity (Wildman–Crippen MR) is 104 cm³/mol. The van der Waals surface area contributed by atoms with Crippen molar-refractivity contribution in [1.29, 1.82) is 0 Å². The fourth-order valence-electron chi connectivity index (χ4n) is 2.23. The molecule has 6 nitrogen and oxygen atoms in total. The molecular formula is C17H33N5OS. The Morgan fingerprint density at radius 3 is 2.62 bits per heavy atom. The van der Waals surface area contributed by atoms with E-state index in [0.29, 0.717) is 12.5 Å². The highest BCUT2D eigenvalue weighted by Crippen LogP contribution is 2.18. The van der Waals surface area contributed by atoms with Crippen LogP contribution in [0.1, 0.15) is 39.8 Å². The number of anilines is 1. The standard InChI is InChI=1S/C17H33N5OS/c1-7-18-16(19-10-9-15(13(3)4)23-8-2)20-11-14-12-24-17(21-14)22(5)6/h12-13,15H,7-11H2,1-6H3,(H2,18,19,20). The highest BCUT2D eigenvalue weighted by Gasteiger charge is 2.13. The maximum absolute atomic E-state index is 5.79. The van der Waals surface area contributed by atoms with Gasteiger partial charge in [-0.2, -0.15) is 0 Å². The van der Waals surface area contributed by atoms with Crippen molar-refractivity contribution in [3.8, 4) is 0 Å². The van der Waals surface area contributed by atoms with E-state index in [1.807, 2.05) is 25.9 Å². The lowest BCUT2D eigenvalue weighted by Crippen LogP contribution is -2.39. The summed E-state index contributed by atoms with van der Waals surface area (Å²) in [4.78, 5) is 11.2. The Labute approximate surface area is 150 Å². The van der Waals surface area contributed by atoms with Crippen molar-refractivity contribution in [1.82, 2.24) is 15.6 Å². The smallest absolute Gasteiger partial charge is 0.191 e. The average Bonchev–Trinajstić information content (AvgIpc) is 3.00. The first-order chi connectivity index (χ1) is 11.5. The van der Waals surface area contributed by atoms with Gasteiger partial charge in [-0.25, -0.2) is 9.98 Å². The summed E-state index contributed by atoms with van der Waals surface area (Å²) in [6, 6.07) is 0. The Bertz CT molecular complexity index is 487. The molecule has 0 bridgehead atoms. The fourth-order valence-corrected chi connectivity index (χ4v) is 2.98. The lowest BCUT2D eigenvalue weighted by molar-refractivity contribution is 0.0258. The van der Waals surface area contributed by atoms with Gasteiger partial charge in [0.1, 0.15) is 0 Å². The molecule has 0 amide bonds. The van der Waals surface area contributed by atoms with Gasteiger partial charge < -0.3 is 20.3 Å². The molecule has 0 radical (unpaired) electrons. The van der Waals surface area contributed by atoms with E-state index in [-0.39, 0.29) is 6.10 Å². The zero-order valence-corrected chi connectivity index (χ0v) is 16.7. The minimum absolute atomic E-state index is 0.284. The van der Waals surface area contributed by atoms with Crippen molar-refractivity contribution in [2.24, 2.45) is 10.9 Å². The number of guanidine groups is 1. The molecule has 0 spiro atoms. The van der Waals surface area contributed by atoms with Crippen LogP contribution in [0.25, 0.3) is 0 Å². The molecule has 0 aliphatic carbocycles. The zero-order valence-electron chi connectivity index (χ0n) is 15.9. The van der Waals surface area contributed by atoms with E-state index in [0.717, 1.165) is 42.9 Å². The summed E-state index contributed by atoms with van der Waals surface area (Å²) in [5.41, 5.74) is 0.996. The number of hydrogen-bond donors (Lipinski definition) is 2. The van der Waals surface area contributed by atoms with E-state index in [2.05, 4.69) is 46.8 Å². The van der Waals surface area contributed by atoms with Crippen LogP contribution in [0.2, 0.25) is 0 Å². The zero-order chi connectivity index (χ0) is 17.9. The van der Waals surface area contributed by atoms with E-state index < -0.39 is 0 Å². The number of nitrogens with zero attached hydrogens (tertiary/aromatic N) is 3. The number of thiazole rings is 1. The maximum Gasteiger partial charge on any atom is 0.191 e. The number of aromatic nitrogens is 1. The lowest BCUT2D eigenvalue weighted by atomic mass is 10.0. The van der Waals surface area contributed by atoms with Crippen LogP contribution in [0, 0.1) is 5.92 Å². The second-order valence-corrected chi connectivity index (χ2v) is 7.00. The Hall–Kier alpha value is -1.34. The molecule has 24 heavy (non-hydrogen) atoms. The Morgan fingerprint density at radius 1 is 1.33 bits per heavy atom. The van der Waals surface area contributed by atoms with Crippen LogP contribution in [0.4, 0.5) is 5.13 Å². The van der Waals surface area contributed by atoms with Crippen molar-refractivity contribution in [2.45, 2.75) is 46.8 Å². The molecule has 1 atom stereocenters. The first-order valence-corrected chi connectivity index (χ1v) is 9.61. The summed E-state index contributed by atoms with van der Waals surface area (Å²) in [6.07, 6.45) is 1.25. The van der Waals surface area contributed by atoms with Gasteiger partial charge in [0.05, 0.1) is 18.3 Å². The molecule has 0 aliphatic rings. The largest absolute Gasteiger partial charge is 0.378 e. The molecular weight excluding hydrogens is 322 g/mol. The summed E-state index contributed by atoms with van der Waals surface area (Å²) < 4.78 is 5.79. The van der Waals surface area contributed by atoms with Gasteiger partial charge in [0.25, 0.3) is 0 Å². The van der Waals surface area contributed by atoms with Crippen LogP contribution in [-0.4, -0.2) is 50.8 Å². The third-order valence-corrected chi connectivity index (χ3v) is 4.57. The highest BCUT2D eigenvalue weighted by molar-refractivity contribution is 7.13. The van der Waals surface area contributed by atoms with E-state index in [9.17, 15) is 0 Å². The third-order valence-electron chi connectivity index (χ3n) is 3.51. The first-order valence-electron chi connectivity index (χ1n) is 8.73. The van der Waals surface area contributed by atoms with Crippen molar-refractivity contribution in [2.75, 3.05) is 38.7 Å². The second kappa shape index (κ2) is 11.3. The van der Waals surface area contributed by atoms with Crippen LogP contribution in [0.15, 0.2) is 10.4 Å². The predicted octanol–water partition coefficient (Wildman–Crippen LogP) is 2.72.